The summed E-state index contributed by atoms with van der Waals surface area (Å²) < 4.78 is 0. The van der Waals surface area contributed by atoms with Crippen molar-refractivity contribution in [3.8, 4) is 0 Å². The maximum atomic E-state index is 5.96. The summed E-state index contributed by atoms with van der Waals surface area (Å²) in [4.78, 5) is 4.44. The van der Waals surface area contributed by atoms with Crippen molar-refractivity contribution in [1.82, 2.24) is 4.98 Å². The van der Waals surface area contributed by atoms with Gasteiger partial charge in [0.2, 0.25) is 0 Å². The highest BCUT2D eigenvalue weighted by molar-refractivity contribution is 6.20. The third-order valence-electron chi connectivity index (χ3n) is 2.70. The van der Waals surface area contributed by atoms with Gasteiger partial charge in [-0.25, -0.2) is 4.98 Å². The fourth-order valence-corrected chi connectivity index (χ4v) is 1.99. The van der Waals surface area contributed by atoms with E-state index in [9.17, 15) is 0 Å². The van der Waals surface area contributed by atoms with E-state index in [1.54, 1.807) is 0 Å². The lowest BCUT2D eigenvalue weighted by molar-refractivity contribution is 0.587. The second kappa shape index (κ2) is 5.72. The average molecular weight is 255 g/mol. The smallest absolute Gasteiger partial charge is 0.126 e. The van der Waals surface area contributed by atoms with Gasteiger partial charge in [0.25, 0.3) is 0 Å². The maximum Gasteiger partial charge on any atom is 0.126 e. The summed E-state index contributed by atoms with van der Waals surface area (Å²) in [6.45, 7) is 10.7. The van der Waals surface area contributed by atoms with Crippen LogP contribution in [0, 0.1) is 0 Å². The summed E-state index contributed by atoms with van der Waals surface area (Å²) in [5, 5.41) is 3.54. The molecule has 0 amide bonds. The largest absolute Gasteiger partial charge is 0.368 e. The zero-order valence-corrected chi connectivity index (χ0v) is 12.2. The first-order valence-corrected chi connectivity index (χ1v) is 6.60. The topological polar surface area (TPSA) is 24.9 Å². The first kappa shape index (κ1) is 14.3. The molecule has 3 heteroatoms. The van der Waals surface area contributed by atoms with Crippen LogP contribution in [0.1, 0.15) is 46.6 Å². The minimum absolute atomic E-state index is 0.155. The van der Waals surface area contributed by atoms with Crippen LogP contribution in [0.2, 0.25) is 0 Å². The van der Waals surface area contributed by atoms with E-state index in [1.807, 2.05) is 19.2 Å². The molecule has 1 N–H and O–H groups in total. The van der Waals surface area contributed by atoms with Gasteiger partial charge in [-0.2, -0.15) is 0 Å². The van der Waals surface area contributed by atoms with Crippen LogP contribution in [0.25, 0.3) is 0 Å². The Morgan fingerprint density at radius 3 is 2.35 bits per heavy atom. The third-order valence-corrected chi connectivity index (χ3v) is 2.88. The molecule has 1 aromatic heterocycles. The van der Waals surface area contributed by atoms with Crippen LogP contribution in [0.4, 0.5) is 5.82 Å². The number of anilines is 1. The van der Waals surface area contributed by atoms with Crippen molar-refractivity contribution in [2.24, 2.45) is 0 Å². The second-order valence-corrected chi connectivity index (χ2v) is 6.49. The van der Waals surface area contributed by atoms with E-state index >= 15 is 0 Å². The number of rotatable bonds is 4. The molecule has 1 heterocycles. The fourth-order valence-electron chi connectivity index (χ4n) is 1.72. The quantitative estimate of drug-likeness (QED) is 0.815. The average Bonchev–Trinajstić information content (AvgIpc) is 2.15. The third kappa shape index (κ3) is 4.95. The Bertz CT molecular complexity index is 338. The van der Waals surface area contributed by atoms with Gasteiger partial charge in [-0.15, -0.1) is 11.6 Å². The van der Waals surface area contributed by atoms with Crippen LogP contribution in [-0.4, -0.2) is 16.4 Å². The van der Waals surface area contributed by atoms with E-state index in [0.717, 1.165) is 12.2 Å². The van der Waals surface area contributed by atoms with Crippen molar-refractivity contribution in [2.75, 3.05) is 5.32 Å². The molecule has 0 bridgehead atoms. The molecule has 0 aliphatic carbocycles. The van der Waals surface area contributed by atoms with Crippen molar-refractivity contribution in [3.05, 3.63) is 23.9 Å². The lowest BCUT2D eigenvalue weighted by Gasteiger charge is -2.20. The Hall–Kier alpha value is -0.760. The molecule has 0 fully saturated rings. The zero-order valence-electron chi connectivity index (χ0n) is 11.4. The van der Waals surface area contributed by atoms with E-state index in [4.69, 9.17) is 11.6 Å². The first-order chi connectivity index (χ1) is 7.79. The van der Waals surface area contributed by atoms with Crippen LogP contribution in [0.3, 0.4) is 0 Å². The van der Waals surface area contributed by atoms with E-state index in [2.05, 4.69) is 44.1 Å². The maximum absolute atomic E-state index is 5.96. The molecule has 0 spiro atoms. The van der Waals surface area contributed by atoms with E-state index in [1.165, 1.54) is 5.56 Å². The molecule has 0 radical (unpaired) electrons. The van der Waals surface area contributed by atoms with E-state index in [-0.39, 0.29) is 10.8 Å². The number of pyridine rings is 1. The van der Waals surface area contributed by atoms with Crippen molar-refractivity contribution >= 4 is 17.4 Å². The first-order valence-electron chi connectivity index (χ1n) is 6.16. The van der Waals surface area contributed by atoms with E-state index in [0.29, 0.717) is 6.04 Å². The van der Waals surface area contributed by atoms with Crippen LogP contribution in [0.5, 0.6) is 0 Å². The Labute approximate surface area is 110 Å². The Morgan fingerprint density at radius 2 is 1.94 bits per heavy atom. The highest BCUT2D eigenvalue weighted by atomic mass is 35.5. The molecule has 1 rings (SSSR count). The Morgan fingerprint density at radius 1 is 1.29 bits per heavy atom. The molecular formula is C14H23ClN2. The second-order valence-electron chi connectivity index (χ2n) is 5.74. The summed E-state index contributed by atoms with van der Waals surface area (Å²) in [6.07, 6.45) is 2.88. The number of hydrogen-bond donors (Lipinski definition) is 1. The molecule has 2 nitrogen and oxygen atoms in total. The van der Waals surface area contributed by atoms with Gasteiger partial charge in [-0.1, -0.05) is 26.8 Å². The molecule has 1 aromatic rings. The number of alkyl halides is 1. The van der Waals surface area contributed by atoms with Gasteiger partial charge in [-0.05, 0) is 37.3 Å². The van der Waals surface area contributed by atoms with Crippen LogP contribution >= 0.6 is 11.6 Å². The number of aromatic nitrogens is 1. The summed E-state index contributed by atoms with van der Waals surface area (Å²) in [7, 11) is 0. The summed E-state index contributed by atoms with van der Waals surface area (Å²) >= 11 is 5.96. The minimum Gasteiger partial charge on any atom is -0.368 e. The van der Waals surface area contributed by atoms with Gasteiger partial charge in [0.1, 0.15) is 5.82 Å². The standard InChI is InChI=1S/C14H23ClN2/c1-10(15)8-11(2)17-13-7-6-12(9-16-13)14(3,4)5/h6-7,9-11H,8H2,1-5H3,(H,16,17). The van der Waals surface area contributed by atoms with Crippen molar-refractivity contribution in [1.29, 1.82) is 0 Å². The van der Waals surface area contributed by atoms with Crippen LogP contribution in [0.15, 0.2) is 18.3 Å². The molecule has 0 aliphatic rings. The van der Waals surface area contributed by atoms with Gasteiger partial charge < -0.3 is 5.32 Å². The number of hydrogen-bond acceptors (Lipinski definition) is 2. The minimum atomic E-state index is 0.155. The molecule has 0 aromatic carbocycles. The zero-order chi connectivity index (χ0) is 13.1. The van der Waals surface area contributed by atoms with Crippen molar-refractivity contribution < 1.29 is 0 Å². The van der Waals surface area contributed by atoms with Gasteiger partial charge in [0, 0.05) is 17.6 Å². The molecule has 17 heavy (non-hydrogen) atoms. The molecule has 2 unspecified atom stereocenters. The molecular weight excluding hydrogens is 232 g/mol. The SMILES string of the molecule is CC(Cl)CC(C)Nc1ccc(C(C)(C)C)cn1. The lowest BCUT2D eigenvalue weighted by Crippen LogP contribution is -2.19. The molecule has 2 atom stereocenters. The fraction of sp³-hybridized carbons (Fsp3) is 0.643. The van der Waals surface area contributed by atoms with Crippen LogP contribution in [-0.2, 0) is 5.41 Å². The monoisotopic (exact) mass is 254 g/mol. The summed E-state index contributed by atoms with van der Waals surface area (Å²) in [5.74, 6) is 0.919. The van der Waals surface area contributed by atoms with E-state index < -0.39 is 0 Å². The molecule has 96 valence electrons. The lowest BCUT2D eigenvalue weighted by atomic mass is 9.88. The molecule has 0 aliphatic heterocycles. The van der Waals surface area contributed by atoms with Crippen molar-refractivity contribution in [3.63, 3.8) is 0 Å². The highest BCUT2D eigenvalue weighted by Gasteiger charge is 2.14. The number of nitrogens with zero attached hydrogens (tertiary/aromatic N) is 1. The molecule has 0 saturated heterocycles. The molecule has 0 saturated carbocycles. The Kier molecular flexibility index (Phi) is 4.81. The van der Waals surface area contributed by atoms with Crippen molar-refractivity contribution in [2.45, 2.75) is 57.9 Å². The van der Waals surface area contributed by atoms with Gasteiger partial charge in [-0.3, -0.25) is 0 Å². The van der Waals surface area contributed by atoms with Crippen LogP contribution < -0.4 is 5.32 Å². The predicted molar refractivity (Wildman–Crippen MR) is 76.0 cm³/mol. The Balaban J connectivity index is 2.63. The normalized spacial score (nSPS) is 15.4. The van der Waals surface area contributed by atoms with Gasteiger partial charge >= 0.3 is 0 Å². The number of nitrogens with one attached hydrogen (secondary N) is 1. The van der Waals surface area contributed by atoms with Gasteiger partial charge in [0.15, 0.2) is 0 Å². The predicted octanol–water partition coefficient (Wildman–Crippen LogP) is 4.20. The van der Waals surface area contributed by atoms with Gasteiger partial charge in [0.05, 0.1) is 0 Å². The summed E-state index contributed by atoms with van der Waals surface area (Å²) in [6, 6.07) is 4.51. The number of halogens is 1. The summed E-state index contributed by atoms with van der Waals surface area (Å²) in [5.41, 5.74) is 1.41. The highest BCUT2D eigenvalue weighted by Crippen LogP contribution is 2.22.